The Morgan fingerprint density at radius 1 is 1.31 bits per heavy atom. The third kappa shape index (κ3) is 8.08. The molecule has 98 valence electrons. The first-order chi connectivity index (χ1) is 7.61. The van der Waals surface area contributed by atoms with Gasteiger partial charge in [-0.1, -0.05) is 20.3 Å². The molecule has 0 aromatic rings. The van der Waals surface area contributed by atoms with E-state index >= 15 is 0 Å². The van der Waals surface area contributed by atoms with E-state index in [0.717, 1.165) is 32.0 Å². The minimum Gasteiger partial charge on any atom is -0.385 e. The summed E-state index contributed by atoms with van der Waals surface area (Å²) in [5, 5.41) is 3.47. The van der Waals surface area contributed by atoms with E-state index in [-0.39, 0.29) is 0 Å². The summed E-state index contributed by atoms with van der Waals surface area (Å²) in [4.78, 5) is 2.44. The van der Waals surface area contributed by atoms with Crippen LogP contribution in [0.25, 0.3) is 0 Å². The van der Waals surface area contributed by atoms with Crippen molar-refractivity contribution in [1.29, 1.82) is 0 Å². The van der Waals surface area contributed by atoms with Crippen LogP contribution < -0.4 is 5.32 Å². The van der Waals surface area contributed by atoms with Gasteiger partial charge >= 0.3 is 0 Å². The first-order valence-electron chi connectivity index (χ1n) is 6.51. The van der Waals surface area contributed by atoms with Gasteiger partial charge in [0.1, 0.15) is 0 Å². The van der Waals surface area contributed by atoms with E-state index in [4.69, 9.17) is 4.74 Å². The minimum absolute atomic E-state index is 0.608. The molecule has 0 saturated carbocycles. The fourth-order valence-corrected chi connectivity index (χ4v) is 1.61. The number of nitrogens with zero attached hydrogens (tertiary/aromatic N) is 1. The molecule has 0 rings (SSSR count). The number of nitrogens with one attached hydrogen (secondary N) is 1. The summed E-state index contributed by atoms with van der Waals surface area (Å²) in [7, 11) is 3.97. The maximum absolute atomic E-state index is 5.01. The summed E-state index contributed by atoms with van der Waals surface area (Å²) in [6, 6.07) is 0.608. The Balaban J connectivity index is 3.51. The van der Waals surface area contributed by atoms with Crippen LogP contribution in [0.3, 0.4) is 0 Å². The highest BCUT2D eigenvalue weighted by Crippen LogP contribution is 2.05. The van der Waals surface area contributed by atoms with Gasteiger partial charge in [-0.2, -0.15) is 0 Å². The largest absolute Gasteiger partial charge is 0.385 e. The average molecular weight is 230 g/mol. The second-order valence-corrected chi connectivity index (χ2v) is 4.85. The van der Waals surface area contributed by atoms with Gasteiger partial charge in [0.25, 0.3) is 0 Å². The van der Waals surface area contributed by atoms with Crippen molar-refractivity contribution in [3.05, 3.63) is 0 Å². The molecule has 2 unspecified atom stereocenters. The van der Waals surface area contributed by atoms with Gasteiger partial charge in [-0.15, -0.1) is 0 Å². The summed E-state index contributed by atoms with van der Waals surface area (Å²) in [6.45, 7) is 11.0. The standard InChI is InChI=1S/C13H30N2O/c1-6-12(2)11-15(4)13(3)10-14-8-7-9-16-5/h12-14H,6-11H2,1-5H3. The number of hydrogen-bond acceptors (Lipinski definition) is 3. The van der Waals surface area contributed by atoms with Gasteiger partial charge in [-0.3, -0.25) is 0 Å². The molecule has 0 aliphatic rings. The Labute approximate surface area is 102 Å². The van der Waals surface area contributed by atoms with Crippen molar-refractivity contribution in [2.45, 2.75) is 39.7 Å². The van der Waals surface area contributed by atoms with E-state index in [2.05, 4.69) is 38.0 Å². The first-order valence-corrected chi connectivity index (χ1v) is 6.51. The zero-order valence-electron chi connectivity index (χ0n) is 11.8. The highest BCUT2D eigenvalue weighted by Gasteiger charge is 2.10. The van der Waals surface area contributed by atoms with E-state index in [0.29, 0.717) is 6.04 Å². The molecule has 0 aliphatic heterocycles. The van der Waals surface area contributed by atoms with Crippen molar-refractivity contribution < 1.29 is 4.74 Å². The van der Waals surface area contributed by atoms with Crippen molar-refractivity contribution in [1.82, 2.24) is 10.2 Å². The van der Waals surface area contributed by atoms with Gasteiger partial charge in [0.2, 0.25) is 0 Å². The topological polar surface area (TPSA) is 24.5 Å². The molecule has 0 fully saturated rings. The quantitative estimate of drug-likeness (QED) is 0.581. The van der Waals surface area contributed by atoms with Gasteiger partial charge < -0.3 is 15.0 Å². The molecule has 2 atom stereocenters. The van der Waals surface area contributed by atoms with Gasteiger partial charge in [0.05, 0.1) is 0 Å². The number of likely N-dealkylation sites (N-methyl/N-ethyl adjacent to an activating group) is 1. The molecule has 1 N–H and O–H groups in total. The zero-order valence-corrected chi connectivity index (χ0v) is 11.8. The summed E-state index contributed by atoms with van der Waals surface area (Å²) in [5.74, 6) is 0.793. The molecule has 16 heavy (non-hydrogen) atoms. The van der Waals surface area contributed by atoms with Gasteiger partial charge in [0, 0.05) is 32.8 Å². The molecule has 3 nitrogen and oxygen atoms in total. The lowest BCUT2D eigenvalue weighted by molar-refractivity contribution is 0.190. The summed E-state index contributed by atoms with van der Waals surface area (Å²) in [5.41, 5.74) is 0. The SMILES string of the molecule is CCC(C)CN(C)C(C)CNCCCOC. The lowest BCUT2D eigenvalue weighted by Crippen LogP contribution is -2.40. The van der Waals surface area contributed by atoms with Crippen LogP contribution in [0, 0.1) is 5.92 Å². The van der Waals surface area contributed by atoms with Gasteiger partial charge in [-0.05, 0) is 32.9 Å². The second-order valence-electron chi connectivity index (χ2n) is 4.85. The minimum atomic E-state index is 0.608. The highest BCUT2D eigenvalue weighted by atomic mass is 16.5. The molecule has 0 aromatic carbocycles. The van der Waals surface area contributed by atoms with E-state index < -0.39 is 0 Å². The number of methoxy groups -OCH3 is 1. The van der Waals surface area contributed by atoms with Gasteiger partial charge in [0.15, 0.2) is 0 Å². The Kier molecular flexibility index (Phi) is 9.99. The number of ether oxygens (including phenoxy) is 1. The van der Waals surface area contributed by atoms with Crippen molar-refractivity contribution in [2.24, 2.45) is 5.92 Å². The Morgan fingerprint density at radius 3 is 2.56 bits per heavy atom. The Hall–Kier alpha value is -0.120. The predicted molar refractivity (Wildman–Crippen MR) is 70.9 cm³/mol. The zero-order chi connectivity index (χ0) is 12.4. The fraction of sp³-hybridized carbons (Fsp3) is 1.00. The lowest BCUT2D eigenvalue weighted by Gasteiger charge is -2.27. The normalized spacial score (nSPS) is 15.4. The average Bonchev–Trinajstić information content (AvgIpc) is 2.28. The lowest BCUT2D eigenvalue weighted by atomic mass is 10.1. The monoisotopic (exact) mass is 230 g/mol. The third-order valence-corrected chi connectivity index (χ3v) is 3.19. The Morgan fingerprint density at radius 2 is 2.00 bits per heavy atom. The van der Waals surface area contributed by atoms with Crippen molar-refractivity contribution in [3.8, 4) is 0 Å². The summed E-state index contributed by atoms with van der Waals surface area (Å²) >= 11 is 0. The van der Waals surface area contributed by atoms with E-state index in [9.17, 15) is 0 Å². The molecule has 0 heterocycles. The van der Waals surface area contributed by atoms with Crippen LogP contribution in [0.1, 0.15) is 33.6 Å². The van der Waals surface area contributed by atoms with Crippen LogP contribution in [-0.2, 0) is 4.74 Å². The van der Waals surface area contributed by atoms with Crippen LogP contribution in [-0.4, -0.2) is 51.3 Å². The van der Waals surface area contributed by atoms with Crippen molar-refractivity contribution in [3.63, 3.8) is 0 Å². The van der Waals surface area contributed by atoms with Crippen molar-refractivity contribution >= 4 is 0 Å². The molecule has 0 bridgehead atoms. The molecule has 0 amide bonds. The maximum Gasteiger partial charge on any atom is 0.0474 e. The molecular formula is C13H30N2O. The smallest absolute Gasteiger partial charge is 0.0474 e. The molecule has 0 saturated heterocycles. The van der Waals surface area contributed by atoms with E-state index in [1.54, 1.807) is 7.11 Å². The van der Waals surface area contributed by atoms with Crippen LogP contribution in [0.2, 0.25) is 0 Å². The van der Waals surface area contributed by atoms with Crippen LogP contribution >= 0.6 is 0 Å². The second kappa shape index (κ2) is 10.1. The van der Waals surface area contributed by atoms with E-state index in [1.165, 1.54) is 13.0 Å². The van der Waals surface area contributed by atoms with Crippen LogP contribution in [0.4, 0.5) is 0 Å². The molecule has 3 heteroatoms. The highest BCUT2D eigenvalue weighted by molar-refractivity contribution is 4.68. The number of hydrogen-bond donors (Lipinski definition) is 1. The van der Waals surface area contributed by atoms with Crippen LogP contribution in [0.15, 0.2) is 0 Å². The van der Waals surface area contributed by atoms with Crippen LogP contribution in [0.5, 0.6) is 0 Å². The fourth-order valence-electron chi connectivity index (χ4n) is 1.61. The van der Waals surface area contributed by atoms with Gasteiger partial charge in [-0.25, -0.2) is 0 Å². The maximum atomic E-state index is 5.01. The predicted octanol–water partition coefficient (Wildman–Crippen LogP) is 1.98. The molecule has 0 aromatic heterocycles. The molecular weight excluding hydrogens is 200 g/mol. The summed E-state index contributed by atoms with van der Waals surface area (Å²) < 4.78 is 5.01. The third-order valence-electron chi connectivity index (χ3n) is 3.19. The molecule has 0 aliphatic carbocycles. The number of rotatable bonds is 10. The van der Waals surface area contributed by atoms with Crippen molar-refractivity contribution in [2.75, 3.05) is 40.4 Å². The Bertz CT molecular complexity index is 153. The molecule has 0 spiro atoms. The summed E-state index contributed by atoms with van der Waals surface area (Å²) in [6.07, 6.45) is 2.36. The van der Waals surface area contributed by atoms with E-state index in [1.807, 2.05) is 0 Å². The first kappa shape index (κ1) is 15.9. The molecule has 0 radical (unpaired) electrons.